The van der Waals surface area contributed by atoms with Crippen molar-refractivity contribution < 1.29 is 29.1 Å². The van der Waals surface area contributed by atoms with E-state index in [-0.39, 0.29) is 50.7 Å². The van der Waals surface area contributed by atoms with Gasteiger partial charge in [-0.25, -0.2) is 4.79 Å². The van der Waals surface area contributed by atoms with Crippen LogP contribution >= 0.6 is 0 Å². The number of amides is 4. The number of hydrogen-bond acceptors (Lipinski definition) is 9. The Balaban J connectivity index is 5.46. The van der Waals surface area contributed by atoms with Gasteiger partial charge in [0.2, 0.25) is 23.6 Å². The van der Waals surface area contributed by atoms with Gasteiger partial charge in [0.05, 0.1) is 12.5 Å². The Morgan fingerprint density at radius 2 is 1.12 bits per heavy atom. The fraction of sp³-hybridized carbons (Fsp3) is 0.682. The van der Waals surface area contributed by atoms with Crippen molar-refractivity contribution in [2.45, 2.75) is 75.5 Å². The average molecular weight is 573 g/mol. The third-order valence-electron chi connectivity index (χ3n) is 5.48. The molecule has 228 valence electrons. The van der Waals surface area contributed by atoms with Crippen molar-refractivity contribution in [2.75, 3.05) is 19.6 Å². The molecule has 0 rings (SSSR count). The first kappa shape index (κ1) is 35.8. The van der Waals surface area contributed by atoms with E-state index in [1.165, 1.54) is 0 Å². The van der Waals surface area contributed by atoms with Gasteiger partial charge >= 0.3 is 5.97 Å². The van der Waals surface area contributed by atoms with Gasteiger partial charge in [-0.2, -0.15) is 0 Å². The quantitative estimate of drug-likeness (QED) is 0.0349. The van der Waals surface area contributed by atoms with Gasteiger partial charge < -0.3 is 61.2 Å². The maximum atomic E-state index is 13.1. The number of nitrogens with two attached hydrogens (primary N) is 7. The van der Waals surface area contributed by atoms with Crippen LogP contribution in [0.3, 0.4) is 0 Å². The lowest BCUT2D eigenvalue weighted by atomic mass is 10.0. The minimum Gasteiger partial charge on any atom is -0.480 e. The second-order valence-electron chi connectivity index (χ2n) is 8.98. The van der Waals surface area contributed by atoms with E-state index in [1.54, 1.807) is 0 Å². The third kappa shape index (κ3) is 16.6. The SMILES string of the molecule is NCCCCC(NC(=O)C(N)CCCN=C(N)N)C(=O)NC(CC(N)=O)C(=O)NC(CCCN=C(N)N)C(=O)O. The number of aliphatic imine (C=N–C) groups is 2. The number of nitrogens with zero attached hydrogens (tertiary/aromatic N) is 2. The van der Waals surface area contributed by atoms with Crippen LogP contribution in [0.4, 0.5) is 0 Å². The topological polar surface area (TPSA) is 349 Å². The molecule has 0 saturated heterocycles. The zero-order valence-electron chi connectivity index (χ0n) is 22.5. The van der Waals surface area contributed by atoms with E-state index in [0.29, 0.717) is 25.8 Å². The standard InChI is InChI=1S/C22H44N12O6/c23-8-2-1-6-13(32-17(36)12(24)5-3-9-30-21(26)27)18(37)34-15(11-16(25)35)19(38)33-14(20(39)40)7-4-10-31-22(28)29/h12-15H,1-11,23-24H2,(H2,25,35)(H,32,36)(H,33,38)(H,34,37)(H,39,40)(H4,26,27,30)(H4,28,29,31). The minimum atomic E-state index is -1.51. The van der Waals surface area contributed by atoms with Crippen LogP contribution in [0, 0.1) is 0 Å². The van der Waals surface area contributed by atoms with Gasteiger partial charge in [0.1, 0.15) is 18.1 Å². The summed E-state index contributed by atoms with van der Waals surface area (Å²) in [6, 6.07) is -4.96. The van der Waals surface area contributed by atoms with Crippen LogP contribution < -0.4 is 56.1 Å². The molecule has 0 fully saturated rings. The highest BCUT2D eigenvalue weighted by Crippen LogP contribution is 2.06. The van der Waals surface area contributed by atoms with E-state index in [0.717, 1.165) is 0 Å². The van der Waals surface area contributed by atoms with Gasteiger partial charge in [-0.05, 0) is 51.5 Å². The third-order valence-corrected chi connectivity index (χ3v) is 5.48. The first-order valence-corrected chi connectivity index (χ1v) is 12.8. The molecule has 18 N–H and O–H groups in total. The van der Waals surface area contributed by atoms with E-state index in [4.69, 9.17) is 40.1 Å². The molecule has 0 aliphatic carbocycles. The normalized spacial score (nSPS) is 13.6. The van der Waals surface area contributed by atoms with Gasteiger partial charge in [-0.15, -0.1) is 0 Å². The average Bonchev–Trinajstić information content (AvgIpc) is 2.86. The molecule has 0 aliphatic rings. The zero-order chi connectivity index (χ0) is 30.7. The van der Waals surface area contributed by atoms with Gasteiger partial charge in [0.15, 0.2) is 11.9 Å². The summed E-state index contributed by atoms with van der Waals surface area (Å²) in [5, 5.41) is 16.7. The molecular formula is C22H44N12O6. The van der Waals surface area contributed by atoms with Crippen molar-refractivity contribution in [3.63, 3.8) is 0 Å². The number of rotatable bonds is 21. The van der Waals surface area contributed by atoms with Crippen molar-refractivity contribution in [3.8, 4) is 0 Å². The molecule has 4 amide bonds. The number of guanidine groups is 2. The molecule has 40 heavy (non-hydrogen) atoms. The Morgan fingerprint density at radius 3 is 1.62 bits per heavy atom. The molecule has 18 nitrogen and oxygen atoms in total. The van der Waals surface area contributed by atoms with Crippen molar-refractivity contribution >= 4 is 41.5 Å². The molecule has 0 aromatic carbocycles. The smallest absolute Gasteiger partial charge is 0.326 e. The lowest BCUT2D eigenvalue weighted by molar-refractivity contribution is -0.142. The van der Waals surface area contributed by atoms with Gasteiger partial charge in [-0.1, -0.05) is 0 Å². The van der Waals surface area contributed by atoms with Crippen LogP contribution in [0.1, 0.15) is 51.4 Å². The molecule has 0 aliphatic heterocycles. The second kappa shape index (κ2) is 19.8. The van der Waals surface area contributed by atoms with Crippen LogP contribution in [0.15, 0.2) is 9.98 Å². The predicted octanol–water partition coefficient (Wildman–Crippen LogP) is -5.04. The lowest BCUT2D eigenvalue weighted by Crippen LogP contribution is -2.57. The summed E-state index contributed by atoms with van der Waals surface area (Å²) in [5.41, 5.74) is 37.7. The molecule has 18 heteroatoms. The van der Waals surface area contributed by atoms with Gasteiger partial charge in [0, 0.05) is 13.1 Å². The Morgan fingerprint density at radius 1 is 0.650 bits per heavy atom. The Bertz CT molecular complexity index is 905. The summed E-state index contributed by atoms with van der Waals surface area (Å²) in [4.78, 5) is 69.4. The molecule has 4 unspecified atom stereocenters. The summed E-state index contributed by atoms with van der Waals surface area (Å²) in [6.45, 7) is 0.738. The van der Waals surface area contributed by atoms with Gasteiger partial charge in [0.25, 0.3) is 0 Å². The minimum absolute atomic E-state index is 0.0338. The fourth-order valence-corrected chi connectivity index (χ4v) is 3.41. The van der Waals surface area contributed by atoms with Crippen molar-refractivity contribution in [3.05, 3.63) is 0 Å². The maximum Gasteiger partial charge on any atom is 0.326 e. The number of nitrogens with one attached hydrogen (secondary N) is 3. The number of carboxylic acid groups (broad SMARTS) is 1. The molecule has 0 spiro atoms. The van der Waals surface area contributed by atoms with Crippen molar-refractivity contribution in [2.24, 2.45) is 50.1 Å². The Hall–Kier alpha value is -4.19. The summed E-state index contributed by atoms with van der Waals surface area (Å²) in [5.74, 6) is -4.90. The largest absolute Gasteiger partial charge is 0.480 e. The molecule has 0 radical (unpaired) electrons. The van der Waals surface area contributed by atoms with E-state index < -0.39 is 60.2 Å². The van der Waals surface area contributed by atoms with Gasteiger partial charge in [-0.3, -0.25) is 29.2 Å². The number of hydrogen-bond donors (Lipinski definition) is 11. The molecule has 0 heterocycles. The summed E-state index contributed by atoms with van der Waals surface area (Å²) in [7, 11) is 0. The highest BCUT2D eigenvalue weighted by molar-refractivity contribution is 5.96. The van der Waals surface area contributed by atoms with Crippen LogP contribution in [-0.4, -0.2) is 90.4 Å². The van der Waals surface area contributed by atoms with Crippen LogP contribution in [0.5, 0.6) is 0 Å². The molecule has 0 aromatic rings. The first-order valence-electron chi connectivity index (χ1n) is 12.8. The van der Waals surface area contributed by atoms with E-state index in [2.05, 4.69) is 25.9 Å². The van der Waals surface area contributed by atoms with Crippen LogP contribution in [0.25, 0.3) is 0 Å². The van der Waals surface area contributed by atoms with Crippen molar-refractivity contribution in [1.82, 2.24) is 16.0 Å². The fourth-order valence-electron chi connectivity index (χ4n) is 3.41. The number of primary amides is 1. The summed E-state index contributed by atoms with van der Waals surface area (Å²) >= 11 is 0. The maximum absolute atomic E-state index is 13.1. The number of carbonyl (C=O) groups is 5. The zero-order valence-corrected chi connectivity index (χ0v) is 22.5. The molecule has 0 saturated carbocycles. The molecule has 0 bridgehead atoms. The first-order chi connectivity index (χ1) is 18.8. The van der Waals surface area contributed by atoms with E-state index in [1.807, 2.05) is 0 Å². The molecule has 4 atom stereocenters. The van der Waals surface area contributed by atoms with E-state index in [9.17, 15) is 29.1 Å². The highest BCUT2D eigenvalue weighted by atomic mass is 16.4. The summed E-state index contributed by atoms with van der Waals surface area (Å²) in [6.07, 6.45) is 1.38. The lowest BCUT2D eigenvalue weighted by Gasteiger charge is -2.25. The highest BCUT2D eigenvalue weighted by Gasteiger charge is 2.31. The predicted molar refractivity (Wildman–Crippen MR) is 148 cm³/mol. The summed E-state index contributed by atoms with van der Waals surface area (Å²) < 4.78 is 0. The van der Waals surface area contributed by atoms with Crippen molar-refractivity contribution in [1.29, 1.82) is 0 Å². The number of carboxylic acids is 1. The van der Waals surface area contributed by atoms with Crippen LogP contribution in [0.2, 0.25) is 0 Å². The van der Waals surface area contributed by atoms with E-state index >= 15 is 0 Å². The second-order valence-corrected chi connectivity index (χ2v) is 8.98. The number of unbranched alkanes of at least 4 members (excludes halogenated alkanes) is 1. The number of aliphatic carboxylic acids is 1. The number of carbonyl (C=O) groups excluding carboxylic acids is 4. The Labute approximate surface area is 232 Å². The molecular weight excluding hydrogens is 528 g/mol. The Kier molecular flexibility index (Phi) is 17.7. The monoisotopic (exact) mass is 572 g/mol. The molecule has 0 aromatic heterocycles. The van der Waals surface area contributed by atoms with Crippen LogP contribution in [-0.2, 0) is 24.0 Å².